The van der Waals surface area contributed by atoms with E-state index in [1.807, 2.05) is 48.8 Å². The van der Waals surface area contributed by atoms with Gasteiger partial charge in [0.15, 0.2) is 0 Å². The molecule has 2 aliphatic rings. The first-order chi connectivity index (χ1) is 13.3. The molecule has 1 saturated heterocycles. The predicted molar refractivity (Wildman–Crippen MR) is 109 cm³/mol. The summed E-state index contributed by atoms with van der Waals surface area (Å²) < 4.78 is 2.05. The molecule has 2 aromatic rings. The van der Waals surface area contributed by atoms with Gasteiger partial charge in [0.25, 0.3) is 5.91 Å². The van der Waals surface area contributed by atoms with Gasteiger partial charge in [0, 0.05) is 36.2 Å². The summed E-state index contributed by atoms with van der Waals surface area (Å²) >= 11 is 0. The molecule has 0 spiro atoms. The lowest BCUT2D eigenvalue weighted by molar-refractivity contribution is 0.0877. The Bertz CT molecular complexity index is 717. The molecular weight excluding hydrogens is 334 g/mol. The first-order valence-electron chi connectivity index (χ1n) is 10.6. The van der Waals surface area contributed by atoms with Gasteiger partial charge in [-0.2, -0.15) is 0 Å². The number of nitrogens with zero attached hydrogens (tertiary/aromatic N) is 2. The van der Waals surface area contributed by atoms with Gasteiger partial charge in [-0.05, 0) is 81.1 Å². The standard InChI is InChI=1S/C23H31N3O/c27-23(19-10-12-21(13-11-19)26-16-6-7-17-26)24-22-9-3-2-8-20(22)18-25-14-4-1-5-15-25/h6-7,10-13,16-17,20,22H,1-5,8-9,14-15,18H2,(H,24,27). The van der Waals surface area contributed by atoms with E-state index in [0.29, 0.717) is 12.0 Å². The van der Waals surface area contributed by atoms with Crippen molar-refractivity contribution in [2.24, 2.45) is 5.92 Å². The predicted octanol–water partition coefficient (Wildman–Crippen LogP) is 4.25. The maximum absolute atomic E-state index is 12.8. The third-order valence-electron chi connectivity index (χ3n) is 6.20. The molecule has 1 aromatic heterocycles. The molecular formula is C23H31N3O. The zero-order chi connectivity index (χ0) is 18.5. The molecule has 2 unspecified atom stereocenters. The normalized spacial score (nSPS) is 23.9. The van der Waals surface area contributed by atoms with Crippen molar-refractivity contribution in [3.63, 3.8) is 0 Å². The van der Waals surface area contributed by atoms with Gasteiger partial charge in [0.05, 0.1) is 0 Å². The van der Waals surface area contributed by atoms with E-state index < -0.39 is 0 Å². The molecule has 4 heteroatoms. The number of aromatic nitrogens is 1. The van der Waals surface area contributed by atoms with Gasteiger partial charge < -0.3 is 14.8 Å². The van der Waals surface area contributed by atoms with Crippen molar-refractivity contribution in [3.8, 4) is 5.69 Å². The van der Waals surface area contributed by atoms with Crippen LogP contribution in [-0.2, 0) is 0 Å². The molecule has 1 aromatic carbocycles. The van der Waals surface area contributed by atoms with Crippen LogP contribution in [0.1, 0.15) is 55.3 Å². The number of hydrogen-bond donors (Lipinski definition) is 1. The second kappa shape index (κ2) is 8.75. The Labute approximate surface area is 162 Å². The van der Waals surface area contributed by atoms with Gasteiger partial charge in [-0.15, -0.1) is 0 Å². The molecule has 2 fully saturated rings. The van der Waals surface area contributed by atoms with Crippen LogP contribution in [0, 0.1) is 5.92 Å². The molecule has 1 N–H and O–H groups in total. The fourth-order valence-electron chi connectivity index (χ4n) is 4.63. The first kappa shape index (κ1) is 18.3. The van der Waals surface area contributed by atoms with Gasteiger partial charge in [-0.3, -0.25) is 4.79 Å². The summed E-state index contributed by atoms with van der Waals surface area (Å²) in [5.41, 5.74) is 1.84. The largest absolute Gasteiger partial charge is 0.349 e. The van der Waals surface area contributed by atoms with Crippen LogP contribution in [-0.4, -0.2) is 41.1 Å². The van der Waals surface area contributed by atoms with Gasteiger partial charge in [-0.25, -0.2) is 0 Å². The third-order valence-corrected chi connectivity index (χ3v) is 6.20. The SMILES string of the molecule is O=C(NC1CCCCC1CN1CCCCC1)c1ccc(-n2cccc2)cc1. The topological polar surface area (TPSA) is 37.3 Å². The number of benzene rings is 1. The quantitative estimate of drug-likeness (QED) is 0.860. The minimum Gasteiger partial charge on any atom is -0.349 e. The molecule has 2 atom stereocenters. The lowest BCUT2D eigenvalue weighted by Gasteiger charge is -2.37. The summed E-state index contributed by atoms with van der Waals surface area (Å²) in [5.74, 6) is 0.671. The molecule has 1 aliphatic heterocycles. The van der Waals surface area contributed by atoms with Crippen LogP contribution in [0.3, 0.4) is 0 Å². The molecule has 4 nitrogen and oxygen atoms in total. The lowest BCUT2D eigenvalue weighted by atomic mass is 9.83. The Morgan fingerprint density at radius 3 is 2.37 bits per heavy atom. The maximum Gasteiger partial charge on any atom is 0.251 e. The fourth-order valence-corrected chi connectivity index (χ4v) is 4.63. The number of rotatable bonds is 5. The van der Waals surface area contributed by atoms with E-state index in [4.69, 9.17) is 0 Å². The number of carbonyl (C=O) groups excluding carboxylic acids is 1. The minimum atomic E-state index is 0.0737. The van der Waals surface area contributed by atoms with Crippen LogP contribution < -0.4 is 5.32 Å². The van der Waals surface area contributed by atoms with E-state index in [0.717, 1.165) is 24.2 Å². The Hall–Kier alpha value is -2.07. The molecule has 0 radical (unpaired) electrons. The average molecular weight is 366 g/mol. The van der Waals surface area contributed by atoms with Crippen LogP contribution in [0.2, 0.25) is 0 Å². The van der Waals surface area contributed by atoms with E-state index in [2.05, 4.69) is 14.8 Å². The van der Waals surface area contributed by atoms with Crippen molar-refractivity contribution in [2.45, 2.75) is 51.0 Å². The summed E-state index contributed by atoms with van der Waals surface area (Å²) in [7, 11) is 0. The summed E-state index contributed by atoms with van der Waals surface area (Å²) in [5, 5.41) is 3.36. The Balaban J connectivity index is 1.37. The lowest BCUT2D eigenvalue weighted by Crippen LogP contribution is -2.47. The highest BCUT2D eigenvalue weighted by molar-refractivity contribution is 5.94. The zero-order valence-corrected chi connectivity index (χ0v) is 16.1. The van der Waals surface area contributed by atoms with Crippen LogP contribution in [0.15, 0.2) is 48.8 Å². The van der Waals surface area contributed by atoms with Gasteiger partial charge in [0.2, 0.25) is 0 Å². The highest BCUT2D eigenvalue weighted by atomic mass is 16.1. The summed E-state index contributed by atoms with van der Waals surface area (Å²) in [6, 6.07) is 12.2. The van der Waals surface area contributed by atoms with Crippen molar-refractivity contribution in [3.05, 3.63) is 54.4 Å². The van der Waals surface area contributed by atoms with E-state index in [9.17, 15) is 4.79 Å². The monoisotopic (exact) mass is 365 g/mol. The smallest absolute Gasteiger partial charge is 0.251 e. The summed E-state index contributed by atoms with van der Waals surface area (Å²) in [4.78, 5) is 15.4. The van der Waals surface area contributed by atoms with Crippen molar-refractivity contribution in [1.82, 2.24) is 14.8 Å². The van der Waals surface area contributed by atoms with Crippen LogP contribution >= 0.6 is 0 Å². The maximum atomic E-state index is 12.8. The molecule has 27 heavy (non-hydrogen) atoms. The zero-order valence-electron chi connectivity index (χ0n) is 16.1. The second-order valence-electron chi connectivity index (χ2n) is 8.12. The number of piperidine rings is 1. The molecule has 1 aliphatic carbocycles. The number of likely N-dealkylation sites (tertiary alicyclic amines) is 1. The summed E-state index contributed by atoms with van der Waals surface area (Å²) in [6.07, 6.45) is 13.0. The van der Waals surface area contributed by atoms with Crippen molar-refractivity contribution < 1.29 is 4.79 Å². The second-order valence-corrected chi connectivity index (χ2v) is 8.12. The van der Waals surface area contributed by atoms with Crippen molar-refractivity contribution in [1.29, 1.82) is 0 Å². The molecule has 4 rings (SSSR count). The average Bonchev–Trinajstić information content (AvgIpc) is 3.25. The molecule has 144 valence electrons. The highest BCUT2D eigenvalue weighted by Gasteiger charge is 2.28. The highest BCUT2D eigenvalue weighted by Crippen LogP contribution is 2.27. The van der Waals surface area contributed by atoms with Crippen molar-refractivity contribution >= 4 is 5.91 Å². The number of carbonyl (C=O) groups is 1. The number of amides is 1. The van der Waals surface area contributed by atoms with E-state index in [1.165, 1.54) is 51.6 Å². The summed E-state index contributed by atoms with van der Waals surface area (Å²) in [6.45, 7) is 3.62. The van der Waals surface area contributed by atoms with Crippen LogP contribution in [0.4, 0.5) is 0 Å². The Morgan fingerprint density at radius 1 is 0.926 bits per heavy atom. The van der Waals surface area contributed by atoms with Gasteiger partial charge >= 0.3 is 0 Å². The van der Waals surface area contributed by atoms with E-state index in [-0.39, 0.29) is 5.91 Å². The van der Waals surface area contributed by atoms with Crippen LogP contribution in [0.5, 0.6) is 0 Å². The van der Waals surface area contributed by atoms with Gasteiger partial charge in [0.1, 0.15) is 0 Å². The molecule has 1 saturated carbocycles. The number of nitrogens with one attached hydrogen (secondary N) is 1. The third kappa shape index (κ3) is 4.62. The van der Waals surface area contributed by atoms with Crippen LogP contribution in [0.25, 0.3) is 5.69 Å². The molecule has 2 heterocycles. The minimum absolute atomic E-state index is 0.0737. The van der Waals surface area contributed by atoms with E-state index >= 15 is 0 Å². The Kier molecular flexibility index (Phi) is 5.93. The van der Waals surface area contributed by atoms with Gasteiger partial charge in [-0.1, -0.05) is 19.3 Å². The first-order valence-corrected chi connectivity index (χ1v) is 10.6. The number of hydrogen-bond acceptors (Lipinski definition) is 2. The van der Waals surface area contributed by atoms with Crippen molar-refractivity contribution in [2.75, 3.05) is 19.6 Å². The van der Waals surface area contributed by atoms with E-state index in [1.54, 1.807) is 0 Å². The molecule has 0 bridgehead atoms. The molecule has 1 amide bonds. The fraction of sp³-hybridized carbons (Fsp3) is 0.522. The Morgan fingerprint density at radius 2 is 1.63 bits per heavy atom.